The van der Waals surface area contributed by atoms with Crippen LogP contribution in [-0.2, 0) is 0 Å². The third-order valence-electron chi connectivity index (χ3n) is 3.41. The van der Waals surface area contributed by atoms with Gasteiger partial charge in [0.25, 0.3) is 5.91 Å². The van der Waals surface area contributed by atoms with Gasteiger partial charge in [-0.3, -0.25) is 4.79 Å². The number of nitrogens with zero attached hydrogens (tertiary/aromatic N) is 2. The van der Waals surface area contributed by atoms with Crippen molar-refractivity contribution in [3.63, 3.8) is 0 Å². The number of ether oxygens (including phenoxy) is 1. The number of amides is 1. The summed E-state index contributed by atoms with van der Waals surface area (Å²) in [6.45, 7) is 0. The maximum Gasteiger partial charge on any atom is 0.275 e. The number of nitrogens with one attached hydrogen (secondary N) is 2. The van der Waals surface area contributed by atoms with Crippen molar-refractivity contribution in [1.82, 2.24) is 9.97 Å². The second-order valence-corrected chi connectivity index (χ2v) is 5.63. The molecule has 3 rings (SSSR count). The van der Waals surface area contributed by atoms with Gasteiger partial charge in [-0.05, 0) is 42.5 Å². The lowest BCUT2D eigenvalue weighted by Gasteiger charge is -2.09. The number of aromatic nitrogens is 2. The van der Waals surface area contributed by atoms with Crippen LogP contribution in [0.1, 0.15) is 10.5 Å². The van der Waals surface area contributed by atoms with Crippen molar-refractivity contribution in [2.24, 2.45) is 0 Å². The summed E-state index contributed by atoms with van der Waals surface area (Å²) >= 11 is 6.07. The number of hydrogen-bond acceptors (Lipinski definition) is 5. The molecule has 132 valence electrons. The van der Waals surface area contributed by atoms with E-state index in [0.29, 0.717) is 28.0 Å². The molecule has 0 bridgehead atoms. The topological polar surface area (TPSA) is 76.1 Å². The lowest BCUT2D eigenvalue weighted by atomic mass is 10.3. The molecule has 1 heterocycles. The average Bonchev–Trinajstić information content (AvgIpc) is 2.64. The molecule has 0 aliphatic heterocycles. The number of carbonyl (C=O) groups is 1. The van der Waals surface area contributed by atoms with E-state index in [0.717, 1.165) is 0 Å². The van der Waals surface area contributed by atoms with E-state index in [2.05, 4.69) is 20.6 Å². The minimum Gasteiger partial charge on any atom is -0.495 e. The van der Waals surface area contributed by atoms with Gasteiger partial charge in [0.1, 0.15) is 23.1 Å². The first-order valence-corrected chi connectivity index (χ1v) is 7.92. The molecular weight excluding hydrogens is 359 g/mol. The number of benzene rings is 2. The molecule has 1 amide bonds. The van der Waals surface area contributed by atoms with E-state index in [9.17, 15) is 9.18 Å². The van der Waals surface area contributed by atoms with Crippen LogP contribution in [0.25, 0.3) is 0 Å². The highest BCUT2D eigenvalue weighted by Gasteiger charge is 2.09. The molecule has 1 aromatic heterocycles. The Morgan fingerprint density at radius 2 is 1.81 bits per heavy atom. The molecular formula is C18H14ClFN4O2. The SMILES string of the molecule is COc1ccc(Nc2cnc(C(=O)Nc3ccc(F)cc3)cn2)cc1Cl. The fourth-order valence-corrected chi connectivity index (χ4v) is 2.39. The zero-order chi connectivity index (χ0) is 18.5. The number of hydrogen-bond donors (Lipinski definition) is 2. The predicted molar refractivity (Wildman–Crippen MR) is 97.7 cm³/mol. The summed E-state index contributed by atoms with van der Waals surface area (Å²) in [6, 6.07) is 10.6. The van der Waals surface area contributed by atoms with Gasteiger partial charge in [0.05, 0.1) is 24.5 Å². The molecule has 0 fully saturated rings. The molecule has 0 saturated heterocycles. The molecule has 2 aromatic carbocycles. The van der Waals surface area contributed by atoms with Crippen LogP contribution in [0, 0.1) is 5.82 Å². The number of carbonyl (C=O) groups excluding carboxylic acids is 1. The molecule has 0 radical (unpaired) electrons. The van der Waals surface area contributed by atoms with Crippen molar-refractivity contribution in [1.29, 1.82) is 0 Å². The van der Waals surface area contributed by atoms with Crippen molar-refractivity contribution < 1.29 is 13.9 Å². The van der Waals surface area contributed by atoms with Gasteiger partial charge in [-0.1, -0.05) is 11.6 Å². The van der Waals surface area contributed by atoms with Crippen LogP contribution in [-0.4, -0.2) is 23.0 Å². The normalized spacial score (nSPS) is 10.3. The first-order chi connectivity index (χ1) is 12.5. The Bertz CT molecular complexity index is 917. The summed E-state index contributed by atoms with van der Waals surface area (Å²) in [5.74, 6) is 0.195. The summed E-state index contributed by atoms with van der Waals surface area (Å²) < 4.78 is 18.0. The Morgan fingerprint density at radius 3 is 2.42 bits per heavy atom. The Kier molecular flexibility index (Phi) is 5.28. The fourth-order valence-electron chi connectivity index (χ4n) is 2.13. The summed E-state index contributed by atoms with van der Waals surface area (Å²) in [5.41, 5.74) is 1.30. The number of halogens is 2. The molecule has 2 N–H and O–H groups in total. The molecule has 0 spiro atoms. The molecule has 0 unspecified atom stereocenters. The molecule has 0 aliphatic rings. The molecule has 6 nitrogen and oxygen atoms in total. The van der Waals surface area contributed by atoms with Crippen molar-refractivity contribution in [3.8, 4) is 5.75 Å². The third-order valence-corrected chi connectivity index (χ3v) is 3.71. The summed E-state index contributed by atoms with van der Waals surface area (Å²) in [5, 5.41) is 6.11. The number of methoxy groups -OCH3 is 1. The highest BCUT2D eigenvalue weighted by Crippen LogP contribution is 2.28. The summed E-state index contributed by atoms with van der Waals surface area (Å²) in [7, 11) is 1.54. The monoisotopic (exact) mass is 372 g/mol. The quantitative estimate of drug-likeness (QED) is 0.699. The minimum atomic E-state index is -0.442. The first kappa shape index (κ1) is 17.6. The maximum atomic E-state index is 12.9. The van der Waals surface area contributed by atoms with Crippen LogP contribution in [0.3, 0.4) is 0 Å². The molecule has 26 heavy (non-hydrogen) atoms. The van der Waals surface area contributed by atoms with E-state index in [4.69, 9.17) is 16.3 Å². The molecule has 0 aliphatic carbocycles. The first-order valence-electron chi connectivity index (χ1n) is 7.54. The highest BCUT2D eigenvalue weighted by molar-refractivity contribution is 6.32. The third kappa shape index (κ3) is 4.25. The lowest BCUT2D eigenvalue weighted by molar-refractivity contribution is 0.102. The lowest BCUT2D eigenvalue weighted by Crippen LogP contribution is -2.14. The van der Waals surface area contributed by atoms with Gasteiger partial charge in [-0.15, -0.1) is 0 Å². The smallest absolute Gasteiger partial charge is 0.275 e. The molecule has 3 aromatic rings. The fraction of sp³-hybridized carbons (Fsp3) is 0.0556. The van der Waals surface area contributed by atoms with Gasteiger partial charge in [0.15, 0.2) is 0 Å². The standard InChI is InChI=1S/C18H14ClFN4O2/c1-26-16-7-6-13(8-14(16)19)23-17-10-21-15(9-22-17)18(25)24-12-4-2-11(20)3-5-12/h2-10H,1H3,(H,22,23)(H,24,25). The van der Waals surface area contributed by atoms with E-state index < -0.39 is 5.91 Å². The van der Waals surface area contributed by atoms with E-state index in [-0.39, 0.29) is 11.5 Å². The van der Waals surface area contributed by atoms with Crippen LogP contribution in [0.2, 0.25) is 5.02 Å². The molecule has 0 saturated carbocycles. The van der Waals surface area contributed by atoms with E-state index >= 15 is 0 Å². The van der Waals surface area contributed by atoms with Crippen molar-refractivity contribution in [2.45, 2.75) is 0 Å². The van der Waals surface area contributed by atoms with E-state index in [1.54, 1.807) is 18.2 Å². The minimum absolute atomic E-state index is 0.132. The molecule has 8 heteroatoms. The van der Waals surface area contributed by atoms with Crippen molar-refractivity contribution in [2.75, 3.05) is 17.7 Å². The van der Waals surface area contributed by atoms with Crippen molar-refractivity contribution >= 4 is 34.7 Å². The van der Waals surface area contributed by atoms with Crippen molar-refractivity contribution in [3.05, 3.63) is 71.4 Å². The van der Waals surface area contributed by atoms with Crippen LogP contribution in [0.15, 0.2) is 54.9 Å². The second kappa shape index (κ2) is 7.79. The Hall–Kier alpha value is -3.19. The Balaban J connectivity index is 1.67. The van der Waals surface area contributed by atoms with Gasteiger partial charge >= 0.3 is 0 Å². The largest absolute Gasteiger partial charge is 0.495 e. The maximum absolute atomic E-state index is 12.9. The zero-order valence-electron chi connectivity index (χ0n) is 13.7. The van der Waals surface area contributed by atoms with Gasteiger partial charge in [-0.2, -0.15) is 0 Å². The van der Waals surface area contributed by atoms with Gasteiger partial charge in [-0.25, -0.2) is 14.4 Å². The van der Waals surface area contributed by atoms with Crippen LogP contribution >= 0.6 is 11.6 Å². The number of anilines is 3. The van der Waals surface area contributed by atoms with Gasteiger partial charge < -0.3 is 15.4 Å². The average molecular weight is 373 g/mol. The zero-order valence-corrected chi connectivity index (χ0v) is 14.4. The highest BCUT2D eigenvalue weighted by atomic mass is 35.5. The van der Waals surface area contributed by atoms with Crippen LogP contribution in [0.4, 0.5) is 21.6 Å². The predicted octanol–water partition coefficient (Wildman–Crippen LogP) is 4.27. The van der Waals surface area contributed by atoms with E-state index in [1.165, 1.54) is 43.8 Å². The van der Waals surface area contributed by atoms with E-state index in [1.807, 2.05) is 0 Å². The molecule has 0 atom stereocenters. The van der Waals surface area contributed by atoms with Gasteiger partial charge in [0.2, 0.25) is 0 Å². The van der Waals surface area contributed by atoms with Crippen LogP contribution in [0.5, 0.6) is 5.75 Å². The van der Waals surface area contributed by atoms with Crippen LogP contribution < -0.4 is 15.4 Å². The summed E-state index contributed by atoms with van der Waals surface area (Å²) in [6.07, 6.45) is 2.77. The Morgan fingerprint density at radius 1 is 1.08 bits per heavy atom. The Labute approximate surface area is 154 Å². The van der Waals surface area contributed by atoms with Gasteiger partial charge in [0, 0.05) is 11.4 Å². The summed E-state index contributed by atoms with van der Waals surface area (Å²) in [4.78, 5) is 20.4. The second-order valence-electron chi connectivity index (χ2n) is 5.22. The number of rotatable bonds is 5.